The molecule has 0 spiro atoms. The first-order valence-corrected chi connectivity index (χ1v) is 4.57. The van der Waals surface area contributed by atoms with Crippen LogP contribution in [0.4, 0.5) is 0 Å². The van der Waals surface area contributed by atoms with Gasteiger partial charge in [0.05, 0.1) is 8.00 Å². The molecule has 0 unspecified atom stereocenters. The zero-order valence-electron chi connectivity index (χ0n) is 4.30. The number of rotatable bonds is 1. The van der Waals surface area contributed by atoms with E-state index in [1.165, 1.54) is 11.8 Å². The maximum Gasteiger partial charge on any atom is 0.139 e. The van der Waals surface area contributed by atoms with Gasteiger partial charge in [-0.3, -0.25) is 0 Å². The minimum atomic E-state index is 1.03. The van der Waals surface area contributed by atoms with E-state index in [2.05, 4.69) is 15.9 Å². The molecule has 0 amide bonds. The van der Waals surface area contributed by atoms with Gasteiger partial charge in [0.25, 0.3) is 0 Å². The van der Waals surface area contributed by atoms with Crippen molar-refractivity contribution < 1.29 is 0 Å². The van der Waals surface area contributed by atoms with Crippen molar-refractivity contribution in [2.75, 3.05) is 0 Å². The van der Waals surface area contributed by atoms with Crippen molar-refractivity contribution >= 4 is 39.0 Å². The van der Waals surface area contributed by atoms with E-state index in [0.29, 0.717) is 0 Å². The number of thiocyanates is 1. The molecule has 0 N–H and O–H groups in total. The van der Waals surface area contributed by atoms with Gasteiger partial charge in [0.15, 0.2) is 0 Å². The van der Waals surface area contributed by atoms with Gasteiger partial charge in [-0.1, -0.05) is 0 Å². The summed E-state index contributed by atoms with van der Waals surface area (Å²) in [7, 11) is 0. The number of nitrogens with zero attached hydrogens (tertiary/aromatic N) is 1. The molecule has 0 aliphatic rings. The van der Waals surface area contributed by atoms with Gasteiger partial charge < -0.3 is 0 Å². The summed E-state index contributed by atoms with van der Waals surface area (Å²) in [5.74, 6) is 0. The Labute approximate surface area is 69.8 Å². The van der Waals surface area contributed by atoms with Crippen molar-refractivity contribution in [1.82, 2.24) is 0 Å². The molecule has 9 heavy (non-hydrogen) atoms. The van der Waals surface area contributed by atoms with E-state index >= 15 is 0 Å². The lowest BCUT2D eigenvalue weighted by atomic mass is 10.7. The maximum atomic E-state index is 8.23. The molecular formula is C5H2BrNS2. The lowest BCUT2D eigenvalue weighted by molar-refractivity contribution is 1.56. The van der Waals surface area contributed by atoms with E-state index in [1.54, 1.807) is 11.3 Å². The van der Waals surface area contributed by atoms with Gasteiger partial charge in [-0.2, -0.15) is 5.26 Å². The summed E-state index contributed by atoms with van der Waals surface area (Å²) >= 11 is 6.06. The Bertz CT molecular complexity index is 237. The van der Waals surface area contributed by atoms with Crippen LogP contribution in [0.25, 0.3) is 0 Å². The van der Waals surface area contributed by atoms with Gasteiger partial charge >= 0.3 is 0 Å². The minimum absolute atomic E-state index is 1.03. The first-order chi connectivity index (χ1) is 4.33. The molecule has 0 aliphatic heterocycles. The Morgan fingerprint density at radius 1 is 1.67 bits per heavy atom. The van der Waals surface area contributed by atoms with Crippen LogP contribution in [0.2, 0.25) is 0 Å². The van der Waals surface area contributed by atoms with Crippen LogP contribution in [0.5, 0.6) is 0 Å². The van der Waals surface area contributed by atoms with Gasteiger partial charge in [0.2, 0.25) is 0 Å². The molecule has 0 atom stereocenters. The third-order valence-corrected chi connectivity index (χ3v) is 3.04. The molecule has 0 bridgehead atoms. The van der Waals surface area contributed by atoms with E-state index in [0.717, 1.165) is 8.00 Å². The van der Waals surface area contributed by atoms with Crippen LogP contribution < -0.4 is 0 Å². The van der Waals surface area contributed by atoms with E-state index in [-0.39, 0.29) is 0 Å². The SMILES string of the molecule is N#CSc1ccc(Br)s1. The number of nitriles is 1. The minimum Gasteiger partial charge on any atom is -0.185 e. The molecule has 1 aromatic heterocycles. The quantitative estimate of drug-likeness (QED) is 0.536. The largest absolute Gasteiger partial charge is 0.185 e. The molecule has 0 aliphatic carbocycles. The first-order valence-electron chi connectivity index (χ1n) is 2.14. The Morgan fingerprint density at radius 3 is 2.89 bits per heavy atom. The zero-order valence-corrected chi connectivity index (χ0v) is 7.52. The fourth-order valence-corrected chi connectivity index (χ4v) is 2.61. The highest BCUT2D eigenvalue weighted by Crippen LogP contribution is 2.29. The predicted molar refractivity (Wildman–Crippen MR) is 43.5 cm³/mol. The lowest BCUT2D eigenvalue weighted by Crippen LogP contribution is -1.46. The smallest absolute Gasteiger partial charge is 0.139 e. The molecule has 1 rings (SSSR count). The number of hydrogen-bond donors (Lipinski definition) is 0. The summed E-state index contributed by atoms with van der Waals surface area (Å²) in [6, 6.07) is 3.85. The van der Waals surface area contributed by atoms with Crippen molar-refractivity contribution in [3.05, 3.63) is 15.9 Å². The Hall–Kier alpha value is 0.0200. The second kappa shape index (κ2) is 3.25. The van der Waals surface area contributed by atoms with Crippen molar-refractivity contribution in [1.29, 1.82) is 5.26 Å². The van der Waals surface area contributed by atoms with Crippen LogP contribution in [0.3, 0.4) is 0 Å². The van der Waals surface area contributed by atoms with E-state index in [9.17, 15) is 0 Å². The van der Waals surface area contributed by atoms with E-state index in [4.69, 9.17) is 5.26 Å². The fourth-order valence-electron chi connectivity index (χ4n) is 0.398. The topological polar surface area (TPSA) is 23.8 Å². The third-order valence-electron chi connectivity index (χ3n) is 0.695. The van der Waals surface area contributed by atoms with Crippen molar-refractivity contribution in [2.24, 2.45) is 0 Å². The van der Waals surface area contributed by atoms with Crippen molar-refractivity contribution in [3.8, 4) is 5.40 Å². The summed E-state index contributed by atoms with van der Waals surface area (Å²) in [4.78, 5) is 0. The van der Waals surface area contributed by atoms with Gasteiger partial charge in [-0.05, 0) is 28.1 Å². The molecule has 1 aromatic rings. The Kier molecular flexibility index (Phi) is 2.58. The van der Waals surface area contributed by atoms with Gasteiger partial charge in [-0.25, -0.2) is 0 Å². The van der Waals surface area contributed by atoms with E-state index < -0.39 is 0 Å². The zero-order chi connectivity index (χ0) is 6.69. The Morgan fingerprint density at radius 2 is 2.44 bits per heavy atom. The second-order valence-corrected chi connectivity index (χ2v) is 4.80. The van der Waals surface area contributed by atoms with E-state index in [1.807, 2.05) is 17.5 Å². The number of halogens is 1. The molecule has 0 radical (unpaired) electrons. The third kappa shape index (κ3) is 2.01. The summed E-state index contributed by atoms with van der Waals surface area (Å²) in [5, 5.41) is 10.2. The predicted octanol–water partition coefficient (Wildman–Crippen LogP) is 3.08. The van der Waals surface area contributed by atoms with Crippen LogP contribution in [0, 0.1) is 10.7 Å². The first kappa shape index (κ1) is 7.13. The monoisotopic (exact) mass is 219 g/mol. The van der Waals surface area contributed by atoms with Crippen LogP contribution in [-0.2, 0) is 0 Å². The number of thiophene rings is 1. The van der Waals surface area contributed by atoms with Crippen LogP contribution in [0.1, 0.15) is 0 Å². The summed E-state index contributed by atoms with van der Waals surface area (Å²) in [6.45, 7) is 0. The molecule has 1 heterocycles. The highest BCUT2D eigenvalue weighted by atomic mass is 79.9. The van der Waals surface area contributed by atoms with Gasteiger partial charge in [0.1, 0.15) is 5.40 Å². The highest BCUT2D eigenvalue weighted by Gasteiger charge is 1.94. The number of thioether (sulfide) groups is 1. The summed E-state index contributed by atoms with van der Waals surface area (Å²) < 4.78 is 2.10. The van der Waals surface area contributed by atoms with Crippen LogP contribution >= 0.6 is 39.0 Å². The highest BCUT2D eigenvalue weighted by molar-refractivity contribution is 9.11. The maximum absolute atomic E-state index is 8.23. The molecule has 46 valence electrons. The van der Waals surface area contributed by atoms with Gasteiger partial charge in [0, 0.05) is 11.8 Å². The number of hydrogen-bond acceptors (Lipinski definition) is 3. The normalized spacial score (nSPS) is 8.89. The summed E-state index contributed by atoms with van der Waals surface area (Å²) in [5.41, 5.74) is 0. The average Bonchev–Trinajstić information content (AvgIpc) is 2.17. The molecular weight excluding hydrogens is 218 g/mol. The van der Waals surface area contributed by atoms with Crippen molar-refractivity contribution in [2.45, 2.75) is 4.21 Å². The van der Waals surface area contributed by atoms with Crippen LogP contribution in [-0.4, -0.2) is 0 Å². The molecule has 0 fully saturated rings. The van der Waals surface area contributed by atoms with Gasteiger partial charge in [-0.15, -0.1) is 11.3 Å². The molecule has 0 saturated heterocycles. The Balaban J connectivity index is 2.76. The molecule has 1 nitrogen and oxygen atoms in total. The molecule has 0 aromatic carbocycles. The molecule has 0 saturated carbocycles. The average molecular weight is 220 g/mol. The second-order valence-electron chi connectivity index (χ2n) is 1.25. The standard InChI is InChI=1S/C5H2BrNS2/c6-4-1-2-5(9-4)8-3-7/h1-2H. The van der Waals surface area contributed by atoms with Crippen LogP contribution in [0.15, 0.2) is 20.1 Å². The van der Waals surface area contributed by atoms with Crippen molar-refractivity contribution in [3.63, 3.8) is 0 Å². The lowest BCUT2D eigenvalue weighted by Gasteiger charge is -1.76. The summed E-state index contributed by atoms with van der Waals surface area (Å²) in [6.07, 6.45) is 0. The fraction of sp³-hybridized carbons (Fsp3) is 0. The molecule has 4 heteroatoms.